The van der Waals surface area contributed by atoms with E-state index in [0.29, 0.717) is 5.56 Å². The summed E-state index contributed by atoms with van der Waals surface area (Å²) in [6, 6.07) is 21.3. The number of aryl methyl sites for hydroxylation is 1. The number of rotatable bonds is 5. The molecule has 1 N–H and O–H groups in total. The van der Waals surface area contributed by atoms with Crippen molar-refractivity contribution in [2.45, 2.75) is 6.92 Å². The van der Waals surface area contributed by atoms with Crippen LogP contribution < -0.4 is 5.43 Å². The number of thiophene rings is 1. The Labute approximate surface area is 167 Å². The van der Waals surface area contributed by atoms with E-state index in [0.717, 1.165) is 27.4 Å². The molecule has 5 nitrogen and oxygen atoms in total. The Kier molecular flexibility index (Phi) is 5.12. The van der Waals surface area contributed by atoms with Gasteiger partial charge in [0.25, 0.3) is 5.91 Å². The summed E-state index contributed by atoms with van der Waals surface area (Å²) in [7, 11) is 0. The first-order chi connectivity index (χ1) is 13.7. The van der Waals surface area contributed by atoms with Gasteiger partial charge in [-0.25, -0.2) is 10.1 Å². The first-order valence-corrected chi connectivity index (χ1v) is 9.68. The van der Waals surface area contributed by atoms with Gasteiger partial charge >= 0.3 is 0 Å². The number of carbonyl (C=O) groups is 1. The van der Waals surface area contributed by atoms with E-state index in [1.165, 1.54) is 0 Å². The average Bonchev–Trinajstić information content (AvgIpc) is 3.39. The molecule has 0 aliphatic carbocycles. The third-order valence-electron chi connectivity index (χ3n) is 4.28. The predicted molar refractivity (Wildman–Crippen MR) is 113 cm³/mol. The summed E-state index contributed by atoms with van der Waals surface area (Å²) >= 11 is 1.61. The Balaban J connectivity index is 1.61. The molecule has 0 aliphatic heterocycles. The van der Waals surface area contributed by atoms with Crippen LogP contribution in [0.3, 0.4) is 0 Å². The molecule has 0 saturated carbocycles. The van der Waals surface area contributed by atoms with Gasteiger partial charge in [-0.3, -0.25) is 4.79 Å². The van der Waals surface area contributed by atoms with Gasteiger partial charge in [0, 0.05) is 17.3 Å². The standard InChI is InChI=1S/C22H18N4OS/c1-16-8-5-6-11-19(16)22(27)24-23-14-17-15-26(18-9-3-2-4-10-18)25-21(17)20-12-7-13-28-20/h2-15H,1H3,(H,24,27)/b23-14-. The van der Waals surface area contributed by atoms with E-state index in [9.17, 15) is 4.79 Å². The van der Waals surface area contributed by atoms with Gasteiger partial charge < -0.3 is 0 Å². The number of nitrogens with zero attached hydrogens (tertiary/aromatic N) is 3. The fourth-order valence-corrected chi connectivity index (χ4v) is 3.58. The van der Waals surface area contributed by atoms with Crippen molar-refractivity contribution >= 4 is 23.5 Å². The van der Waals surface area contributed by atoms with Crippen molar-refractivity contribution in [3.63, 3.8) is 0 Å². The number of hydrogen-bond donors (Lipinski definition) is 1. The molecule has 138 valence electrons. The highest BCUT2D eigenvalue weighted by atomic mass is 32.1. The summed E-state index contributed by atoms with van der Waals surface area (Å²) < 4.78 is 1.82. The van der Waals surface area contributed by atoms with Crippen LogP contribution in [0.1, 0.15) is 21.5 Å². The number of para-hydroxylation sites is 1. The molecule has 0 unspecified atom stereocenters. The fourth-order valence-electron chi connectivity index (χ4n) is 2.85. The van der Waals surface area contributed by atoms with Gasteiger partial charge in [-0.1, -0.05) is 42.5 Å². The minimum Gasteiger partial charge on any atom is -0.267 e. The maximum atomic E-state index is 12.4. The molecule has 4 rings (SSSR count). The highest BCUT2D eigenvalue weighted by Crippen LogP contribution is 2.26. The minimum atomic E-state index is -0.234. The molecule has 0 fully saturated rings. The van der Waals surface area contributed by atoms with Crippen LogP contribution in [0.25, 0.3) is 16.3 Å². The van der Waals surface area contributed by atoms with E-state index in [1.54, 1.807) is 23.6 Å². The normalized spacial score (nSPS) is 11.0. The molecule has 1 amide bonds. The maximum absolute atomic E-state index is 12.4. The molecule has 0 saturated heterocycles. The van der Waals surface area contributed by atoms with Crippen molar-refractivity contribution in [1.29, 1.82) is 0 Å². The van der Waals surface area contributed by atoms with Crippen molar-refractivity contribution in [1.82, 2.24) is 15.2 Å². The van der Waals surface area contributed by atoms with E-state index in [2.05, 4.69) is 10.5 Å². The number of carbonyl (C=O) groups excluding carboxylic acids is 1. The number of benzene rings is 2. The first kappa shape index (κ1) is 17.9. The number of hydrogen-bond acceptors (Lipinski definition) is 4. The molecule has 2 heterocycles. The summed E-state index contributed by atoms with van der Waals surface area (Å²) in [4.78, 5) is 13.4. The van der Waals surface area contributed by atoms with E-state index in [-0.39, 0.29) is 5.91 Å². The Morgan fingerprint density at radius 2 is 1.86 bits per heavy atom. The average molecular weight is 386 g/mol. The highest BCUT2D eigenvalue weighted by Gasteiger charge is 2.12. The van der Waals surface area contributed by atoms with Crippen LogP contribution in [0.15, 0.2) is 83.4 Å². The van der Waals surface area contributed by atoms with E-state index >= 15 is 0 Å². The summed E-state index contributed by atoms with van der Waals surface area (Å²) in [5, 5.41) is 10.9. The van der Waals surface area contributed by atoms with Gasteiger partial charge in [0.1, 0.15) is 5.69 Å². The monoisotopic (exact) mass is 386 g/mol. The summed E-state index contributed by atoms with van der Waals surface area (Å²) in [6.45, 7) is 1.90. The Hall–Kier alpha value is -3.51. The lowest BCUT2D eigenvalue weighted by atomic mass is 10.1. The molecule has 0 aliphatic rings. The molecule has 6 heteroatoms. The molecule has 0 atom stereocenters. The number of amides is 1. The van der Waals surface area contributed by atoms with Gasteiger partial charge in [0.2, 0.25) is 0 Å². The molecular weight excluding hydrogens is 368 g/mol. The van der Waals surface area contributed by atoms with E-state index in [4.69, 9.17) is 5.10 Å². The lowest BCUT2D eigenvalue weighted by Gasteiger charge is -2.02. The second-order valence-corrected chi connectivity index (χ2v) is 7.15. The Morgan fingerprint density at radius 3 is 2.61 bits per heavy atom. The van der Waals surface area contributed by atoms with Crippen LogP contribution in [0, 0.1) is 6.92 Å². The third-order valence-corrected chi connectivity index (χ3v) is 5.15. The second-order valence-electron chi connectivity index (χ2n) is 6.20. The van der Waals surface area contributed by atoms with Crippen LogP contribution >= 0.6 is 11.3 Å². The molecule has 0 spiro atoms. The quantitative estimate of drug-likeness (QED) is 0.400. The Bertz CT molecular complexity index is 1110. The molecule has 0 bridgehead atoms. The SMILES string of the molecule is Cc1ccccc1C(=O)N/N=C\c1cn(-c2ccccc2)nc1-c1cccs1. The number of hydrazone groups is 1. The lowest BCUT2D eigenvalue weighted by molar-refractivity contribution is 0.0954. The molecule has 2 aromatic carbocycles. The van der Waals surface area contributed by atoms with Crippen LogP contribution in [-0.4, -0.2) is 21.9 Å². The molecule has 4 aromatic rings. The molecule has 2 aromatic heterocycles. The summed E-state index contributed by atoms with van der Waals surface area (Å²) in [5.74, 6) is -0.234. The van der Waals surface area contributed by atoms with E-state index < -0.39 is 0 Å². The molecular formula is C22H18N4OS. The molecule has 28 heavy (non-hydrogen) atoms. The number of nitrogens with one attached hydrogen (secondary N) is 1. The van der Waals surface area contributed by atoms with E-state index in [1.807, 2.05) is 83.8 Å². The van der Waals surface area contributed by atoms with Crippen LogP contribution in [0.5, 0.6) is 0 Å². The smallest absolute Gasteiger partial charge is 0.267 e. The Morgan fingerprint density at radius 1 is 1.07 bits per heavy atom. The van der Waals surface area contributed by atoms with Crippen LogP contribution in [0.2, 0.25) is 0 Å². The number of aromatic nitrogens is 2. The zero-order valence-electron chi connectivity index (χ0n) is 15.2. The second kappa shape index (κ2) is 8.02. The third kappa shape index (κ3) is 3.77. The zero-order chi connectivity index (χ0) is 19.3. The molecule has 0 radical (unpaired) electrons. The van der Waals surface area contributed by atoms with Gasteiger partial charge in [-0.05, 0) is 42.1 Å². The van der Waals surface area contributed by atoms with Crippen LogP contribution in [-0.2, 0) is 0 Å². The minimum absolute atomic E-state index is 0.234. The maximum Gasteiger partial charge on any atom is 0.271 e. The zero-order valence-corrected chi connectivity index (χ0v) is 16.1. The van der Waals surface area contributed by atoms with Gasteiger partial charge in [0.15, 0.2) is 0 Å². The van der Waals surface area contributed by atoms with Gasteiger partial charge in [0.05, 0.1) is 16.8 Å². The lowest BCUT2D eigenvalue weighted by Crippen LogP contribution is -2.18. The fraction of sp³-hybridized carbons (Fsp3) is 0.0455. The van der Waals surface area contributed by atoms with Crippen molar-refractivity contribution in [3.05, 3.63) is 95.0 Å². The van der Waals surface area contributed by atoms with Crippen molar-refractivity contribution in [3.8, 4) is 16.3 Å². The largest absolute Gasteiger partial charge is 0.271 e. The van der Waals surface area contributed by atoms with Crippen LogP contribution in [0.4, 0.5) is 0 Å². The van der Waals surface area contributed by atoms with Crippen molar-refractivity contribution in [2.24, 2.45) is 5.10 Å². The van der Waals surface area contributed by atoms with Crippen molar-refractivity contribution < 1.29 is 4.79 Å². The van der Waals surface area contributed by atoms with Crippen molar-refractivity contribution in [2.75, 3.05) is 0 Å². The first-order valence-electron chi connectivity index (χ1n) is 8.80. The topological polar surface area (TPSA) is 59.3 Å². The predicted octanol–water partition coefficient (Wildman–Crippen LogP) is 4.67. The summed E-state index contributed by atoms with van der Waals surface area (Å²) in [6.07, 6.45) is 3.55. The van der Waals surface area contributed by atoms with Gasteiger partial charge in [-0.15, -0.1) is 11.3 Å². The van der Waals surface area contributed by atoms with Gasteiger partial charge in [-0.2, -0.15) is 10.2 Å². The summed E-state index contributed by atoms with van der Waals surface area (Å²) in [5.41, 5.74) is 6.74. The highest BCUT2D eigenvalue weighted by molar-refractivity contribution is 7.13.